The molecule has 0 fully saturated rings. The van der Waals surface area contributed by atoms with Gasteiger partial charge in [-0.25, -0.2) is 0 Å². The molecule has 0 amide bonds. The fourth-order valence-corrected chi connectivity index (χ4v) is 2.88. The van der Waals surface area contributed by atoms with Gasteiger partial charge in [0, 0.05) is 6.42 Å². The fraction of sp³-hybridized carbons (Fsp3) is 0.235. The summed E-state index contributed by atoms with van der Waals surface area (Å²) in [6, 6.07) is 12.6. The van der Waals surface area contributed by atoms with Gasteiger partial charge in [0.1, 0.15) is 22.2 Å². The molecule has 0 heterocycles. The molecule has 0 spiro atoms. The van der Waals surface area contributed by atoms with Gasteiger partial charge in [0.2, 0.25) is 0 Å². The van der Waals surface area contributed by atoms with Crippen molar-refractivity contribution < 1.29 is 22.1 Å². The first kappa shape index (κ1) is 17.0. The van der Waals surface area contributed by atoms with Crippen LogP contribution in [0.1, 0.15) is 18.9 Å². The third-order valence-corrected chi connectivity index (χ3v) is 4.50. The average molecular weight is 334 g/mol. The molecule has 0 radical (unpaired) electrons. The molecular weight excluding hydrogens is 316 g/mol. The Morgan fingerprint density at radius 2 is 1.52 bits per heavy atom. The van der Waals surface area contributed by atoms with Crippen LogP contribution in [0.4, 0.5) is 0 Å². The number of benzene rings is 2. The number of aryl methyl sites for hydroxylation is 1. The zero-order valence-corrected chi connectivity index (χ0v) is 13.8. The molecule has 0 aromatic heterocycles. The van der Waals surface area contributed by atoms with E-state index in [0.717, 1.165) is 5.56 Å². The minimum absolute atomic E-state index is 0.0546. The van der Waals surface area contributed by atoms with Crippen LogP contribution in [0.25, 0.3) is 0 Å². The van der Waals surface area contributed by atoms with Crippen molar-refractivity contribution in [3.8, 4) is 11.5 Å². The number of ketones is 1. The van der Waals surface area contributed by atoms with Crippen molar-refractivity contribution in [2.24, 2.45) is 0 Å². The van der Waals surface area contributed by atoms with E-state index < -0.39 is 10.1 Å². The summed E-state index contributed by atoms with van der Waals surface area (Å²) in [5.41, 5.74) is 0.953. The van der Waals surface area contributed by atoms with Gasteiger partial charge >= 0.3 is 10.1 Å². The molecule has 23 heavy (non-hydrogen) atoms. The Morgan fingerprint density at radius 1 is 0.957 bits per heavy atom. The Labute approximate surface area is 136 Å². The number of hydrogen-bond donors (Lipinski definition) is 0. The maximum Gasteiger partial charge on any atom is 0.339 e. The zero-order valence-electron chi connectivity index (χ0n) is 13.0. The first-order chi connectivity index (χ1) is 10.9. The molecule has 0 saturated heterocycles. The molecule has 0 bridgehead atoms. The predicted molar refractivity (Wildman–Crippen MR) is 86.3 cm³/mol. The van der Waals surface area contributed by atoms with Crippen LogP contribution in [0.5, 0.6) is 11.5 Å². The molecule has 0 aliphatic rings. The highest BCUT2D eigenvalue weighted by atomic mass is 32.2. The van der Waals surface area contributed by atoms with E-state index in [-0.39, 0.29) is 16.4 Å². The van der Waals surface area contributed by atoms with E-state index in [2.05, 4.69) is 0 Å². The molecule has 0 saturated carbocycles. The number of methoxy groups -OCH3 is 1. The summed E-state index contributed by atoms with van der Waals surface area (Å²) >= 11 is 0. The second-order valence-electron chi connectivity index (χ2n) is 5.06. The molecule has 0 aliphatic carbocycles. The maximum atomic E-state index is 12.2. The van der Waals surface area contributed by atoms with E-state index in [1.54, 1.807) is 43.3 Å². The van der Waals surface area contributed by atoms with E-state index in [1.807, 2.05) is 0 Å². The number of Topliss-reactive ketones (excluding diaryl/α,β-unsaturated/α-hetero) is 1. The first-order valence-corrected chi connectivity index (χ1v) is 8.48. The smallest absolute Gasteiger partial charge is 0.339 e. The van der Waals surface area contributed by atoms with E-state index in [1.165, 1.54) is 19.2 Å². The Kier molecular flexibility index (Phi) is 5.39. The highest BCUT2D eigenvalue weighted by Crippen LogP contribution is 2.21. The van der Waals surface area contributed by atoms with Gasteiger partial charge in [-0.2, -0.15) is 8.42 Å². The van der Waals surface area contributed by atoms with E-state index in [0.29, 0.717) is 18.6 Å². The molecule has 0 unspecified atom stereocenters. The summed E-state index contributed by atoms with van der Waals surface area (Å²) in [7, 11) is -2.38. The standard InChI is InChI=1S/C17H18O5S/c1-13(18)3-4-14-5-7-16(8-6-14)22-23(19,20)17-11-9-15(21-2)10-12-17/h5-12H,3-4H2,1-2H3. The second-order valence-corrected chi connectivity index (χ2v) is 6.61. The molecule has 0 N–H and O–H groups in total. The van der Waals surface area contributed by atoms with Crippen LogP contribution >= 0.6 is 0 Å². The van der Waals surface area contributed by atoms with Gasteiger partial charge < -0.3 is 13.7 Å². The van der Waals surface area contributed by atoms with Crippen LogP contribution in [0, 0.1) is 0 Å². The Morgan fingerprint density at radius 3 is 2.04 bits per heavy atom. The monoisotopic (exact) mass is 334 g/mol. The molecule has 0 atom stereocenters. The maximum absolute atomic E-state index is 12.2. The average Bonchev–Trinajstić information content (AvgIpc) is 2.54. The largest absolute Gasteiger partial charge is 0.497 e. The lowest BCUT2D eigenvalue weighted by Gasteiger charge is -2.08. The summed E-state index contributed by atoms with van der Waals surface area (Å²) in [5.74, 6) is 0.915. The summed E-state index contributed by atoms with van der Waals surface area (Å²) in [6.45, 7) is 1.54. The predicted octanol–water partition coefficient (Wildman–Crippen LogP) is 2.98. The lowest BCUT2D eigenvalue weighted by atomic mass is 10.1. The molecular formula is C17H18O5S. The minimum atomic E-state index is -3.89. The summed E-state index contributed by atoms with van der Waals surface area (Å²) < 4.78 is 34.5. The van der Waals surface area contributed by atoms with Crippen LogP contribution in [-0.2, 0) is 21.3 Å². The molecule has 6 heteroatoms. The summed E-state index contributed by atoms with van der Waals surface area (Å²) in [5, 5.41) is 0. The zero-order chi connectivity index (χ0) is 16.9. The van der Waals surface area contributed by atoms with Crippen LogP contribution in [-0.4, -0.2) is 21.3 Å². The van der Waals surface area contributed by atoms with Crippen molar-refractivity contribution in [2.45, 2.75) is 24.7 Å². The molecule has 5 nitrogen and oxygen atoms in total. The van der Waals surface area contributed by atoms with Gasteiger partial charge in [0.25, 0.3) is 0 Å². The third kappa shape index (κ3) is 4.82. The summed E-state index contributed by atoms with van der Waals surface area (Å²) in [6.07, 6.45) is 1.09. The lowest BCUT2D eigenvalue weighted by molar-refractivity contribution is -0.116. The molecule has 2 aromatic rings. The van der Waals surface area contributed by atoms with Crippen LogP contribution in [0.2, 0.25) is 0 Å². The van der Waals surface area contributed by atoms with Crippen molar-refractivity contribution in [3.05, 3.63) is 54.1 Å². The quantitative estimate of drug-likeness (QED) is 0.728. The molecule has 122 valence electrons. The van der Waals surface area contributed by atoms with Crippen molar-refractivity contribution >= 4 is 15.9 Å². The van der Waals surface area contributed by atoms with Gasteiger partial charge in [-0.1, -0.05) is 12.1 Å². The molecule has 2 aromatic carbocycles. The van der Waals surface area contributed by atoms with Crippen LogP contribution in [0.15, 0.2) is 53.4 Å². The normalized spacial score (nSPS) is 11.0. The van der Waals surface area contributed by atoms with E-state index in [4.69, 9.17) is 8.92 Å². The van der Waals surface area contributed by atoms with Crippen molar-refractivity contribution in [2.75, 3.05) is 7.11 Å². The van der Waals surface area contributed by atoms with Crippen molar-refractivity contribution in [1.29, 1.82) is 0 Å². The fourth-order valence-electron chi connectivity index (χ4n) is 1.95. The third-order valence-electron chi connectivity index (χ3n) is 3.24. The SMILES string of the molecule is COc1ccc(S(=O)(=O)Oc2ccc(CCC(C)=O)cc2)cc1. The Bertz CT molecular complexity index is 762. The van der Waals surface area contributed by atoms with Gasteiger partial charge in [-0.05, 0) is 55.3 Å². The Balaban J connectivity index is 2.08. The second kappa shape index (κ2) is 7.28. The number of ether oxygens (including phenoxy) is 1. The van der Waals surface area contributed by atoms with Gasteiger partial charge in [0.05, 0.1) is 7.11 Å². The lowest BCUT2D eigenvalue weighted by Crippen LogP contribution is -2.09. The number of carbonyl (C=O) groups excluding carboxylic acids is 1. The topological polar surface area (TPSA) is 69.7 Å². The van der Waals surface area contributed by atoms with Crippen molar-refractivity contribution in [3.63, 3.8) is 0 Å². The van der Waals surface area contributed by atoms with Crippen LogP contribution in [0.3, 0.4) is 0 Å². The van der Waals surface area contributed by atoms with Gasteiger partial charge in [-0.3, -0.25) is 0 Å². The van der Waals surface area contributed by atoms with Gasteiger partial charge in [0.15, 0.2) is 0 Å². The van der Waals surface area contributed by atoms with E-state index in [9.17, 15) is 13.2 Å². The summed E-state index contributed by atoms with van der Waals surface area (Å²) in [4.78, 5) is 11.0. The number of carbonyl (C=O) groups is 1. The minimum Gasteiger partial charge on any atom is -0.497 e. The number of hydrogen-bond acceptors (Lipinski definition) is 5. The highest BCUT2D eigenvalue weighted by Gasteiger charge is 2.16. The van der Waals surface area contributed by atoms with Crippen molar-refractivity contribution in [1.82, 2.24) is 0 Å². The Hall–Kier alpha value is -2.34. The van der Waals surface area contributed by atoms with Gasteiger partial charge in [-0.15, -0.1) is 0 Å². The first-order valence-electron chi connectivity index (χ1n) is 7.07. The number of rotatable bonds is 7. The molecule has 0 aliphatic heterocycles. The molecule has 2 rings (SSSR count). The highest BCUT2D eigenvalue weighted by molar-refractivity contribution is 7.87. The van der Waals surface area contributed by atoms with E-state index >= 15 is 0 Å². The van der Waals surface area contributed by atoms with Crippen LogP contribution < -0.4 is 8.92 Å².